The number of benzene rings is 1. The summed E-state index contributed by atoms with van der Waals surface area (Å²) < 4.78 is 0. The fraction of sp³-hybridized carbons (Fsp3) is 0.647. The number of hydrogen-bond acceptors (Lipinski definition) is 3. The molecule has 1 aromatic carbocycles. The summed E-state index contributed by atoms with van der Waals surface area (Å²) in [5, 5.41) is 3.82. The summed E-state index contributed by atoms with van der Waals surface area (Å²) in [5.74, 6) is 0.904. The molecule has 3 aliphatic rings. The highest BCUT2D eigenvalue weighted by Crippen LogP contribution is 2.27. The molecule has 20 heavy (non-hydrogen) atoms. The standard InChI is InChI=1S/C17H27N3/c1-19(2)12-16-6-4-3-5-15(16)11-18-17-13-20-9-7-14(17)8-10-20/h3-6,14,17-18H,7-13H2,1-2H3. The van der Waals surface area contributed by atoms with Crippen molar-refractivity contribution in [3.63, 3.8) is 0 Å². The van der Waals surface area contributed by atoms with Crippen LogP contribution < -0.4 is 5.32 Å². The molecule has 110 valence electrons. The van der Waals surface area contributed by atoms with Gasteiger partial charge < -0.3 is 15.1 Å². The number of piperidine rings is 3. The summed E-state index contributed by atoms with van der Waals surface area (Å²) in [7, 11) is 4.27. The van der Waals surface area contributed by atoms with Gasteiger partial charge in [-0.1, -0.05) is 24.3 Å². The second-order valence-corrected chi connectivity index (χ2v) is 6.63. The molecule has 1 aromatic rings. The van der Waals surface area contributed by atoms with Crippen LogP contribution in [0.15, 0.2) is 24.3 Å². The zero-order chi connectivity index (χ0) is 13.9. The molecule has 3 saturated heterocycles. The molecular weight excluding hydrogens is 246 g/mol. The predicted molar refractivity (Wildman–Crippen MR) is 83.6 cm³/mol. The summed E-state index contributed by atoms with van der Waals surface area (Å²) in [4.78, 5) is 4.86. The van der Waals surface area contributed by atoms with Crippen molar-refractivity contribution in [2.24, 2.45) is 5.92 Å². The molecule has 3 fully saturated rings. The van der Waals surface area contributed by atoms with E-state index in [0.29, 0.717) is 6.04 Å². The van der Waals surface area contributed by atoms with Crippen molar-refractivity contribution in [1.29, 1.82) is 0 Å². The summed E-state index contributed by atoms with van der Waals surface area (Å²) in [6.07, 6.45) is 2.77. The molecule has 0 spiro atoms. The van der Waals surface area contributed by atoms with Crippen LogP contribution in [-0.4, -0.2) is 49.6 Å². The molecule has 0 aliphatic carbocycles. The van der Waals surface area contributed by atoms with Crippen molar-refractivity contribution < 1.29 is 0 Å². The van der Waals surface area contributed by atoms with Crippen molar-refractivity contribution in [3.05, 3.63) is 35.4 Å². The minimum Gasteiger partial charge on any atom is -0.308 e. The Morgan fingerprint density at radius 3 is 2.45 bits per heavy atom. The van der Waals surface area contributed by atoms with E-state index in [9.17, 15) is 0 Å². The first kappa shape index (κ1) is 14.1. The van der Waals surface area contributed by atoms with Gasteiger partial charge in [-0.05, 0) is 57.1 Å². The van der Waals surface area contributed by atoms with Gasteiger partial charge in [-0.15, -0.1) is 0 Å². The minimum absolute atomic E-state index is 0.699. The smallest absolute Gasteiger partial charge is 0.0230 e. The number of nitrogens with one attached hydrogen (secondary N) is 1. The van der Waals surface area contributed by atoms with Crippen molar-refractivity contribution in [3.8, 4) is 0 Å². The monoisotopic (exact) mass is 273 g/mol. The quantitative estimate of drug-likeness (QED) is 0.884. The van der Waals surface area contributed by atoms with E-state index >= 15 is 0 Å². The summed E-state index contributed by atoms with van der Waals surface area (Å²) in [6.45, 7) is 5.93. The third kappa shape index (κ3) is 3.22. The average Bonchev–Trinajstić information content (AvgIpc) is 2.47. The minimum atomic E-state index is 0.699. The fourth-order valence-electron chi connectivity index (χ4n) is 3.66. The van der Waals surface area contributed by atoms with Gasteiger partial charge in [0, 0.05) is 25.7 Å². The number of rotatable bonds is 5. The summed E-state index contributed by atoms with van der Waals surface area (Å²) in [6, 6.07) is 9.54. The Labute approximate surface area is 123 Å². The second kappa shape index (κ2) is 6.25. The van der Waals surface area contributed by atoms with E-state index in [1.807, 2.05) is 0 Å². The SMILES string of the molecule is CN(C)Cc1ccccc1CNC1CN2CCC1CC2. The van der Waals surface area contributed by atoms with Crippen molar-refractivity contribution in [2.45, 2.75) is 32.0 Å². The third-order valence-electron chi connectivity index (χ3n) is 4.82. The maximum Gasteiger partial charge on any atom is 0.0230 e. The van der Waals surface area contributed by atoms with Gasteiger partial charge >= 0.3 is 0 Å². The van der Waals surface area contributed by atoms with Gasteiger partial charge in [0.2, 0.25) is 0 Å². The highest BCUT2D eigenvalue weighted by molar-refractivity contribution is 5.27. The van der Waals surface area contributed by atoms with Crippen molar-refractivity contribution >= 4 is 0 Å². The van der Waals surface area contributed by atoms with Crippen LogP contribution in [0.1, 0.15) is 24.0 Å². The zero-order valence-electron chi connectivity index (χ0n) is 12.8. The zero-order valence-corrected chi connectivity index (χ0v) is 12.8. The van der Waals surface area contributed by atoms with E-state index in [-0.39, 0.29) is 0 Å². The van der Waals surface area contributed by atoms with E-state index < -0.39 is 0 Å². The van der Waals surface area contributed by atoms with Gasteiger partial charge in [0.15, 0.2) is 0 Å². The normalized spacial score (nSPS) is 29.1. The molecule has 4 rings (SSSR count). The lowest BCUT2D eigenvalue weighted by molar-refractivity contribution is 0.0719. The van der Waals surface area contributed by atoms with Crippen LogP contribution in [0, 0.1) is 5.92 Å². The molecule has 3 nitrogen and oxygen atoms in total. The van der Waals surface area contributed by atoms with Crippen molar-refractivity contribution in [2.75, 3.05) is 33.7 Å². The number of fused-ring (bicyclic) bond motifs is 3. The molecule has 0 radical (unpaired) electrons. The van der Waals surface area contributed by atoms with Crippen molar-refractivity contribution in [1.82, 2.24) is 15.1 Å². The molecule has 1 atom stereocenters. The molecule has 3 aliphatic heterocycles. The van der Waals surface area contributed by atoms with E-state index in [0.717, 1.165) is 19.0 Å². The van der Waals surface area contributed by atoms with Gasteiger partial charge in [0.25, 0.3) is 0 Å². The maximum atomic E-state index is 3.82. The van der Waals surface area contributed by atoms with Crippen LogP contribution >= 0.6 is 0 Å². The van der Waals surface area contributed by atoms with Gasteiger partial charge in [0.05, 0.1) is 0 Å². The summed E-state index contributed by atoms with van der Waals surface area (Å²) >= 11 is 0. The van der Waals surface area contributed by atoms with E-state index in [2.05, 4.69) is 53.5 Å². The third-order valence-corrected chi connectivity index (χ3v) is 4.82. The molecule has 0 aromatic heterocycles. The average molecular weight is 273 g/mol. The van der Waals surface area contributed by atoms with Gasteiger partial charge in [-0.25, -0.2) is 0 Å². The van der Waals surface area contributed by atoms with E-state index in [4.69, 9.17) is 0 Å². The molecule has 0 amide bonds. The largest absolute Gasteiger partial charge is 0.308 e. The number of hydrogen-bond donors (Lipinski definition) is 1. The Hall–Kier alpha value is -0.900. The number of nitrogens with zero attached hydrogens (tertiary/aromatic N) is 2. The van der Waals surface area contributed by atoms with Crippen LogP contribution in [0.2, 0.25) is 0 Å². The van der Waals surface area contributed by atoms with Crippen LogP contribution in [0.3, 0.4) is 0 Å². The Bertz CT molecular complexity index is 436. The molecule has 1 unspecified atom stereocenters. The van der Waals surface area contributed by atoms with Crippen LogP contribution in [0.5, 0.6) is 0 Å². The first-order valence-corrected chi connectivity index (χ1v) is 7.89. The van der Waals surface area contributed by atoms with E-state index in [1.165, 1.54) is 43.6 Å². The van der Waals surface area contributed by atoms with Gasteiger partial charge in [0.1, 0.15) is 0 Å². The maximum absolute atomic E-state index is 3.82. The molecule has 2 bridgehead atoms. The molecule has 0 saturated carbocycles. The lowest BCUT2D eigenvalue weighted by atomic mass is 9.84. The highest BCUT2D eigenvalue weighted by Gasteiger charge is 2.33. The molecule has 3 heteroatoms. The van der Waals surface area contributed by atoms with Gasteiger partial charge in [-0.3, -0.25) is 0 Å². The predicted octanol–water partition coefficient (Wildman–Crippen LogP) is 1.93. The Kier molecular flexibility index (Phi) is 4.39. The Morgan fingerprint density at radius 1 is 1.15 bits per heavy atom. The Morgan fingerprint density at radius 2 is 1.85 bits per heavy atom. The topological polar surface area (TPSA) is 18.5 Å². The summed E-state index contributed by atoms with van der Waals surface area (Å²) in [5.41, 5.74) is 2.91. The first-order chi connectivity index (χ1) is 9.72. The van der Waals surface area contributed by atoms with Crippen LogP contribution in [-0.2, 0) is 13.1 Å². The molecule has 3 heterocycles. The second-order valence-electron chi connectivity index (χ2n) is 6.63. The lowest BCUT2D eigenvalue weighted by Gasteiger charge is -2.45. The van der Waals surface area contributed by atoms with E-state index in [1.54, 1.807) is 0 Å². The fourth-order valence-corrected chi connectivity index (χ4v) is 3.66. The molecular formula is C17H27N3. The highest BCUT2D eigenvalue weighted by atomic mass is 15.2. The first-order valence-electron chi connectivity index (χ1n) is 7.89. The lowest BCUT2D eigenvalue weighted by Crippen LogP contribution is -2.55. The van der Waals surface area contributed by atoms with Gasteiger partial charge in [-0.2, -0.15) is 0 Å². The van der Waals surface area contributed by atoms with Crippen LogP contribution in [0.25, 0.3) is 0 Å². The Balaban J connectivity index is 1.61. The van der Waals surface area contributed by atoms with Crippen LogP contribution in [0.4, 0.5) is 0 Å². The molecule has 1 N–H and O–H groups in total.